The topological polar surface area (TPSA) is 91.7 Å². The van der Waals surface area contributed by atoms with Crippen LogP contribution in [0, 0.1) is 5.92 Å². The summed E-state index contributed by atoms with van der Waals surface area (Å²) in [6.45, 7) is 4.08. The minimum absolute atomic E-state index is 0.175. The fourth-order valence-electron chi connectivity index (χ4n) is 1.68. The van der Waals surface area contributed by atoms with Gasteiger partial charge in [-0.25, -0.2) is 0 Å². The lowest BCUT2D eigenvalue weighted by Gasteiger charge is -2.22. The van der Waals surface area contributed by atoms with Crippen molar-refractivity contribution >= 4 is 16.1 Å². The van der Waals surface area contributed by atoms with Gasteiger partial charge < -0.3 is 9.73 Å². The third-order valence-corrected chi connectivity index (χ3v) is 4.36. The Hall–Kier alpha value is -1.38. The van der Waals surface area contributed by atoms with E-state index in [9.17, 15) is 13.2 Å². The molecule has 0 saturated carbocycles. The molecule has 0 aromatic carbocycles. The molecule has 1 aromatic heterocycles. The molecule has 1 atom stereocenters. The molecular formula is C13H23N3O4S. The van der Waals surface area contributed by atoms with Crippen molar-refractivity contribution < 1.29 is 17.6 Å². The van der Waals surface area contributed by atoms with E-state index in [-0.39, 0.29) is 18.4 Å². The zero-order valence-electron chi connectivity index (χ0n) is 12.8. The van der Waals surface area contributed by atoms with Gasteiger partial charge in [-0.15, -0.1) is 0 Å². The molecule has 7 nitrogen and oxygen atoms in total. The Morgan fingerprint density at radius 1 is 1.38 bits per heavy atom. The Labute approximate surface area is 125 Å². The SMILES string of the molecule is CC(C)C[C@@H](NS(=O)(=O)N(C)C)C(=O)NCc1ccco1. The van der Waals surface area contributed by atoms with E-state index in [1.54, 1.807) is 12.1 Å². The van der Waals surface area contributed by atoms with Crippen LogP contribution in [0.1, 0.15) is 26.0 Å². The van der Waals surface area contributed by atoms with E-state index in [4.69, 9.17) is 4.42 Å². The largest absolute Gasteiger partial charge is 0.467 e. The molecule has 0 spiro atoms. The molecule has 0 aliphatic carbocycles. The van der Waals surface area contributed by atoms with Crippen molar-refractivity contribution in [3.63, 3.8) is 0 Å². The van der Waals surface area contributed by atoms with Crippen molar-refractivity contribution in [1.82, 2.24) is 14.3 Å². The number of rotatable bonds is 8. The van der Waals surface area contributed by atoms with Crippen LogP contribution in [-0.2, 0) is 21.5 Å². The van der Waals surface area contributed by atoms with Gasteiger partial charge in [-0.05, 0) is 24.5 Å². The standard InChI is InChI=1S/C13H23N3O4S/c1-10(2)8-12(15-21(18,19)16(3)4)13(17)14-9-11-6-5-7-20-11/h5-7,10,12,15H,8-9H2,1-4H3,(H,14,17)/t12-/m1/s1. The normalized spacial score (nSPS) is 13.6. The maximum Gasteiger partial charge on any atom is 0.279 e. The summed E-state index contributed by atoms with van der Waals surface area (Å²) in [5.74, 6) is 0.418. The van der Waals surface area contributed by atoms with E-state index < -0.39 is 16.3 Å². The number of nitrogens with zero attached hydrogens (tertiary/aromatic N) is 1. The Balaban J connectivity index is 2.70. The van der Waals surface area contributed by atoms with Gasteiger partial charge in [0.1, 0.15) is 11.8 Å². The molecule has 8 heteroatoms. The van der Waals surface area contributed by atoms with Crippen LogP contribution in [0.5, 0.6) is 0 Å². The highest BCUT2D eigenvalue weighted by Crippen LogP contribution is 2.08. The number of carbonyl (C=O) groups is 1. The molecule has 21 heavy (non-hydrogen) atoms. The first-order valence-electron chi connectivity index (χ1n) is 6.72. The molecule has 1 amide bonds. The number of hydrogen-bond donors (Lipinski definition) is 2. The monoisotopic (exact) mass is 317 g/mol. The highest BCUT2D eigenvalue weighted by Gasteiger charge is 2.26. The van der Waals surface area contributed by atoms with E-state index in [1.807, 2.05) is 13.8 Å². The fraction of sp³-hybridized carbons (Fsp3) is 0.615. The van der Waals surface area contributed by atoms with Gasteiger partial charge in [0.15, 0.2) is 0 Å². The summed E-state index contributed by atoms with van der Waals surface area (Å²) in [6.07, 6.45) is 1.93. The van der Waals surface area contributed by atoms with Gasteiger partial charge in [-0.2, -0.15) is 17.4 Å². The second-order valence-electron chi connectivity index (χ2n) is 5.38. The summed E-state index contributed by atoms with van der Waals surface area (Å²) in [7, 11) is -0.837. The first kappa shape index (κ1) is 17.7. The van der Waals surface area contributed by atoms with Crippen LogP contribution in [0.3, 0.4) is 0 Å². The van der Waals surface area contributed by atoms with E-state index >= 15 is 0 Å². The predicted octanol–water partition coefficient (Wildman–Crippen LogP) is 0.707. The summed E-state index contributed by atoms with van der Waals surface area (Å²) < 4.78 is 32.3. The van der Waals surface area contributed by atoms with Gasteiger partial charge in [-0.1, -0.05) is 13.8 Å². The summed E-state index contributed by atoms with van der Waals surface area (Å²) in [4.78, 5) is 12.2. The third kappa shape index (κ3) is 5.86. The zero-order chi connectivity index (χ0) is 16.0. The van der Waals surface area contributed by atoms with Crippen molar-refractivity contribution in [2.75, 3.05) is 14.1 Å². The van der Waals surface area contributed by atoms with Crippen LogP contribution >= 0.6 is 0 Å². The van der Waals surface area contributed by atoms with Crippen molar-refractivity contribution in [3.8, 4) is 0 Å². The van der Waals surface area contributed by atoms with E-state index in [0.29, 0.717) is 12.2 Å². The van der Waals surface area contributed by atoms with Gasteiger partial charge in [0.25, 0.3) is 10.2 Å². The summed E-state index contributed by atoms with van der Waals surface area (Å²) in [5, 5.41) is 2.67. The summed E-state index contributed by atoms with van der Waals surface area (Å²) >= 11 is 0. The first-order valence-corrected chi connectivity index (χ1v) is 8.16. The average molecular weight is 317 g/mol. The third-order valence-electron chi connectivity index (χ3n) is 2.81. The van der Waals surface area contributed by atoms with Crippen LogP contribution in [0.2, 0.25) is 0 Å². The van der Waals surface area contributed by atoms with Crippen LogP contribution in [-0.4, -0.2) is 38.8 Å². The van der Waals surface area contributed by atoms with Crippen LogP contribution in [0.25, 0.3) is 0 Å². The van der Waals surface area contributed by atoms with Crippen LogP contribution in [0.15, 0.2) is 22.8 Å². The Bertz CT molecular complexity index is 538. The van der Waals surface area contributed by atoms with E-state index in [1.165, 1.54) is 20.4 Å². The van der Waals surface area contributed by atoms with Crippen molar-refractivity contribution in [1.29, 1.82) is 0 Å². The zero-order valence-corrected chi connectivity index (χ0v) is 13.6. The number of amides is 1. The van der Waals surface area contributed by atoms with Crippen LogP contribution < -0.4 is 10.0 Å². The van der Waals surface area contributed by atoms with Gasteiger partial charge in [-0.3, -0.25) is 4.79 Å². The Morgan fingerprint density at radius 2 is 2.05 bits per heavy atom. The molecule has 0 bridgehead atoms. The molecule has 0 radical (unpaired) electrons. The maximum atomic E-state index is 12.2. The van der Waals surface area contributed by atoms with Gasteiger partial charge in [0.2, 0.25) is 5.91 Å². The molecule has 0 aliphatic heterocycles. The van der Waals surface area contributed by atoms with Crippen molar-refractivity contribution in [2.24, 2.45) is 5.92 Å². The average Bonchev–Trinajstić information content (AvgIpc) is 2.87. The fourth-order valence-corrected chi connectivity index (χ4v) is 2.45. The molecule has 2 N–H and O–H groups in total. The van der Waals surface area contributed by atoms with Gasteiger partial charge in [0, 0.05) is 14.1 Å². The summed E-state index contributed by atoms with van der Waals surface area (Å²) in [6, 6.07) is 2.65. The molecule has 0 aliphatic rings. The minimum Gasteiger partial charge on any atom is -0.467 e. The second kappa shape index (κ2) is 7.58. The quantitative estimate of drug-likeness (QED) is 0.738. The molecular weight excluding hydrogens is 294 g/mol. The molecule has 0 unspecified atom stereocenters. The predicted molar refractivity (Wildman–Crippen MR) is 79.5 cm³/mol. The number of hydrogen-bond acceptors (Lipinski definition) is 4. The van der Waals surface area contributed by atoms with Gasteiger partial charge >= 0.3 is 0 Å². The molecule has 120 valence electrons. The Morgan fingerprint density at radius 3 is 2.52 bits per heavy atom. The van der Waals surface area contributed by atoms with Crippen molar-refractivity contribution in [2.45, 2.75) is 32.9 Å². The van der Waals surface area contributed by atoms with Crippen LogP contribution in [0.4, 0.5) is 0 Å². The second-order valence-corrected chi connectivity index (χ2v) is 7.30. The summed E-state index contributed by atoms with van der Waals surface area (Å²) in [5.41, 5.74) is 0. The Kier molecular flexibility index (Phi) is 6.38. The molecule has 1 rings (SSSR count). The number of nitrogens with one attached hydrogen (secondary N) is 2. The smallest absolute Gasteiger partial charge is 0.279 e. The molecule has 0 fully saturated rings. The van der Waals surface area contributed by atoms with Gasteiger partial charge in [0.05, 0.1) is 12.8 Å². The maximum absolute atomic E-state index is 12.2. The lowest BCUT2D eigenvalue weighted by atomic mass is 10.0. The lowest BCUT2D eigenvalue weighted by molar-refractivity contribution is -0.123. The minimum atomic E-state index is -3.66. The first-order chi connectivity index (χ1) is 9.72. The van der Waals surface area contributed by atoms with Crippen molar-refractivity contribution in [3.05, 3.63) is 24.2 Å². The number of furan rings is 1. The lowest BCUT2D eigenvalue weighted by Crippen LogP contribution is -2.50. The van der Waals surface area contributed by atoms with E-state index in [0.717, 1.165) is 4.31 Å². The molecule has 0 saturated heterocycles. The molecule has 1 aromatic rings. The highest BCUT2D eigenvalue weighted by atomic mass is 32.2. The highest BCUT2D eigenvalue weighted by molar-refractivity contribution is 7.87. The number of carbonyl (C=O) groups excluding carboxylic acids is 1. The molecule has 1 heterocycles. The van der Waals surface area contributed by atoms with E-state index in [2.05, 4.69) is 10.0 Å².